The standard InChI is InChI=1S/C20H12O4/c1-22-15-10-17-18(20-13(15)6-7-23-20)19(21)14-8-11-4-2-3-5-12(11)9-16(14)24-17/h2-10H,1H3. The van der Waals surface area contributed by atoms with Crippen LogP contribution in [0.1, 0.15) is 0 Å². The molecule has 5 rings (SSSR count). The number of furan rings is 1. The number of methoxy groups -OCH3 is 1. The molecule has 0 radical (unpaired) electrons. The van der Waals surface area contributed by atoms with Crippen LogP contribution in [0.4, 0.5) is 0 Å². The van der Waals surface area contributed by atoms with Gasteiger partial charge in [0.1, 0.15) is 22.3 Å². The van der Waals surface area contributed by atoms with Crippen LogP contribution in [0.25, 0.3) is 43.7 Å². The fourth-order valence-electron chi connectivity index (χ4n) is 3.28. The van der Waals surface area contributed by atoms with E-state index in [1.165, 1.54) is 0 Å². The highest BCUT2D eigenvalue weighted by Gasteiger charge is 2.17. The van der Waals surface area contributed by atoms with Gasteiger partial charge in [-0.2, -0.15) is 0 Å². The molecule has 2 aromatic heterocycles. The van der Waals surface area contributed by atoms with E-state index in [1.54, 1.807) is 25.5 Å². The summed E-state index contributed by atoms with van der Waals surface area (Å²) < 4.78 is 17.0. The lowest BCUT2D eigenvalue weighted by Crippen LogP contribution is -2.03. The number of rotatable bonds is 1. The molecule has 4 heteroatoms. The zero-order valence-corrected chi connectivity index (χ0v) is 12.8. The second kappa shape index (κ2) is 4.61. The normalized spacial score (nSPS) is 11.7. The Kier molecular flexibility index (Phi) is 2.54. The van der Waals surface area contributed by atoms with Crippen molar-refractivity contribution >= 4 is 43.7 Å². The summed E-state index contributed by atoms with van der Waals surface area (Å²) in [5.41, 5.74) is 1.41. The molecule has 24 heavy (non-hydrogen) atoms. The molecule has 0 unspecified atom stereocenters. The van der Waals surface area contributed by atoms with Crippen LogP contribution >= 0.6 is 0 Å². The zero-order valence-electron chi connectivity index (χ0n) is 12.8. The van der Waals surface area contributed by atoms with Crippen molar-refractivity contribution in [2.45, 2.75) is 0 Å². The van der Waals surface area contributed by atoms with E-state index in [2.05, 4.69) is 0 Å². The Morgan fingerprint density at radius 2 is 1.71 bits per heavy atom. The van der Waals surface area contributed by atoms with E-state index < -0.39 is 0 Å². The number of ether oxygens (including phenoxy) is 1. The van der Waals surface area contributed by atoms with Gasteiger partial charge in [-0.1, -0.05) is 24.3 Å². The van der Waals surface area contributed by atoms with Crippen LogP contribution in [0.2, 0.25) is 0 Å². The fraction of sp³-hybridized carbons (Fsp3) is 0.0500. The third-order valence-electron chi connectivity index (χ3n) is 4.43. The Bertz CT molecular complexity index is 1310. The van der Waals surface area contributed by atoms with E-state index in [0.29, 0.717) is 33.3 Å². The van der Waals surface area contributed by atoms with Gasteiger partial charge in [-0.05, 0) is 29.0 Å². The molecule has 3 aromatic carbocycles. The van der Waals surface area contributed by atoms with Crippen molar-refractivity contribution in [1.29, 1.82) is 0 Å². The summed E-state index contributed by atoms with van der Waals surface area (Å²) >= 11 is 0. The average Bonchev–Trinajstić information content (AvgIpc) is 3.09. The Morgan fingerprint density at radius 3 is 2.50 bits per heavy atom. The van der Waals surface area contributed by atoms with Crippen molar-refractivity contribution in [2.24, 2.45) is 0 Å². The van der Waals surface area contributed by atoms with Crippen LogP contribution < -0.4 is 10.2 Å². The van der Waals surface area contributed by atoms with Crippen LogP contribution in [-0.4, -0.2) is 7.11 Å². The van der Waals surface area contributed by atoms with Gasteiger partial charge in [-0.3, -0.25) is 4.79 Å². The number of hydrogen-bond donors (Lipinski definition) is 0. The summed E-state index contributed by atoms with van der Waals surface area (Å²) in [6.07, 6.45) is 1.55. The Morgan fingerprint density at radius 1 is 0.917 bits per heavy atom. The molecule has 0 amide bonds. The van der Waals surface area contributed by atoms with Crippen molar-refractivity contribution < 1.29 is 13.6 Å². The summed E-state index contributed by atoms with van der Waals surface area (Å²) in [4.78, 5) is 13.1. The van der Waals surface area contributed by atoms with Crippen LogP contribution in [0, 0.1) is 0 Å². The quantitative estimate of drug-likeness (QED) is 0.415. The first-order chi connectivity index (χ1) is 11.8. The maximum Gasteiger partial charge on any atom is 0.204 e. The zero-order chi connectivity index (χ0) is 16.3. The molecule has 2 heterocycles. The lowest BCUT2D eigenvalue weighted by atomic mass is 10.0. The molecule has 116 valence electrons. The lowest BCUT2D eigenvalue weighted by Gasteiger charge is -2.07. The molecule has 0 aliphatic rings. The minimum absolute atomic E-state index is 0.0976. The SMILES string of the molecule is COc1cc2oc3cc4ccccc4cc3c(=O)c2c2occc12. The van der Waals surface area contributed by atoms with Gasteiger partial charge in [0.05, 0.1) is 24.1 Å². The van der Waals surface area contributed by atoms with Gasteiger partial charge in [-0.25, -0.2) is 0 Å². The molecule has 0 atom stereocenters. The molecule has 0 spiro atoms. The average molecular weight is 316 g/mol. The molecular weight excluding hydrogens is 304 g/mol. The number of hydrogen-bond acceptors (Lipinski definition) is 4. The van der Waals surface area contributed by atoms with Crippen LogP contribution in [0.15, 0.2) is 68.4 Å². The summed E-state index contributed by atoms with van der Waals surface area (Å²) in [6.45, 7) is 0. The van der Waals surface area contributed by atoms with Crippen LogP contribution in [0.3, 0.4) is 0 Å². The molecule has 0 aliphatic carbocycles. The minimum Gasteiger partial charge on any atom is -0.496 e. The van der Waals surface area contributed by atoms with Crippen molar-refractivity contribution in [1.82, 2.24) is 0 Å². The van der Waals surface area contributed by atoms with E-state index in [0.717, 1.165) is 16.2 Å². The first kappa shape index (κ1) is 13.2. The molecule has 5 aromatic rings. The first-order valence-corrected chi connectivity index (χ1v) is 7.60. The number of benzene rings is 3. The minimum atomic E-state index is -0.0976. The first-order valence-electron chi connectivity index (χ1n) is 7.60. The van der Waals surface area contributed by atoms with Gasteiger partial charge in [0.15, 0.2) is 5.58 Å². The van der Waals surface area contributed by atoms with E-state index in [-0.39, 0.29) is 5.43 Å². The van der Waals surface area contributed by atoms with E-state index in [1.807, 2.05) is 36.4 Å². The number of fused-ring (bicyclic) bond motifs is 5. The predicted molar refractivity (Wildman–Crippen MR) is 93.8 cm³/mol. The second-order valence-electron chi connectivity index (χ2n) is 5.74. The van der Waals surface area contributed by atoms with Crippen LogP contribution in [-0.2, 0) is 0 Å². The van der Waals surface area contributed by atoms with Gasteiger partial charge in [-0.15, -0.1) is 0 Å². The highest BCUT2D eigenvalue weighted by atomic mass is 16.5. The summed E-state index contributed by atoms with van der Waals surface area (Å²) in [5, 5.41) is 3.78. The molecule has 0 saturated carbocycles. The summed E-state index contributed by atoms with van der Waals surface area (Å²) in [6, 6.07) is 15.2. The van der Waals surface area contributed by atoms with Crippen molar-refractivity contribution in [3.63, 3.8) is 0 Å². The van der Waals surface area contributed by atoms with Crippen molar-refractivity contribution in [3.05, 3.63) is 65.0 Å². The smallest absolute Gasteiger partial charge is 0.204 e. The van der Waals surface area contributed by atoms with Gasteiger partial charge >= 0.3 is 0 Å². The Labute approximate surface area is 135 Å². The summed E-state index contributed by atoms with van der Waals surface area (Å²) in [7, 11) is 1.58. The lowest BCUT2D eigenvalue weighted by molar-refractivity contribution is 0.419. The van der Waals surface area contributed by atoms with E-state index >= 15 is 0 Å². The molecule has 0 aliphatic heterocycles. The fourth-order valence-corrected chi connectivity index (χ4v) is 3.28. The predicted octanol–water partition coefficient (Wildman–Crippen LogP) is 4.85. The third-order valence-corrected chi connectivity index (χ3v) is 4.43. The third kappa shape index (κ3) is 1.65. The van der Waals surface area contributed by atoms with Gasteiger partial charge in [0, 0.05) is 6.07 Å². The molecular formula is C20H12O4. The van der Waals surface area contributed by atoms with Gasteiger partial charge in [0.2, 0.25) is 5.43 Å². The van der Waals surface area contributed by atoms with E-state index in [4.69, 9.17) is 13.6 Å². The molecule has 0 bridgehead atoms. The molecule has 4 nitrogen and oxygen atoms in total. The van der Waals surface area contributed by atoms with Crippen LogP contribution in [0.5, 0.6) is 5.75 Å². The molecule has 0 saturated heterocycles. The Hall–Kier alpha value is -3.27. The Balaban J connectivity index is 2.05. The van der Waals surface area contributed by atoms with Gasteiger partial charge < -0.3 is 13.6 Å². The van der Waals surface area contributed by atoms with Crippen molar-refractivity contribution in [3.8, 4) is 5.75 Å². The second-order valence-corrected chi connectivity index (χ2v) is 5.74. The topological polar surface area (TPSA) is 52.6 Å². The maximum atomic E-state index is 13.1. The monoisotopic (exact) mass is 316 g/mol. The molecule has 0 N–H and O–H groups in total. The van der Waals surface area contributed by atoms with Gasteiger partial charge in [0.25, 0.3) is 0 Å². The van der Waals surface area contributed by atoms with E-state index in [9.17, 15) is 4.79 Å². The highest BCUT2D eigenvalue weighted by molar-refractivity contribution is 6.09. The highest BCUT2D eigenvalue weighted by Crippen LogP contribution is 2.34. The molecule has 0 fully saturated rings. The maximum absolute atomic E-state index is 13.1. The largest absolute Gasteiger partial charge is 0.496 e. The van der Waals surface area contributed by atoms with Crippen molar-refractivity contribution in [2.75, 3.05) is 7.11 Å². The summed E-state index contributed by atoms with van der Waals surface area (Å²) in [5.74, 6) is 0.620.